The highest BCUT2D eigenvalue weighted by Crippen LogP contribution is 2.34. The molecule has 19 heavy (non-hydrogen) atoms. The van der Waals surface area contributed by atoms with Gasteiger partial charge in [-0.15, -0.1) is 11.8 Å². The number of benzene rings is 1. The summed E-state index contributed by atoms with van der Waals surface area (Å²) >= 11 is 5.01. The fraction of sp³-hybridized carbons (Fsp3) is 0.500. The largest absolute Gasteiger partial charge is 0.343 e. The monoisotopic (exact) mass is 344 g/mol. The van der Waals surface area contributed by atoms with E-state index in [0.29, 0.717) is 0 Å². The van der Waals surface area contributed by atoms with Crippen LogP contribution in [0.25, 0.3) is 0 Å². The molecule has 1 N–H and O–H groups in total. The van der Waals surface area contributed by atoms with E-state index in [1.54, 1.807) is 16.7 Å². The Balaban J connectivity index is 2.68. The summed E-state index contributed by atoms with van der Waals surface area (Å²) in [5.41, 5.74) is 0. The second-order valence-electron chi connectivity index (χ2n) is 4.90. The van der Waals surface area contributed by atoms with E-state index in [1.165, 1.54) is 0 Å². The summed E-state index contributed by atoms with van der Waals surface area (Å²) in [4.78, 5) is 15.3. The minimum absolute atomic E-state index is 0.149. The van der Waals surface area contributed by atoms with Crippen molar-refractivity contribution in [1.29, 1.82) is 0 Å². The number of thioether (sulfide) groups is 1. The molecule has 0 aliphatic heterocycles. The molecule has 0 aromatic heterocycles. The number of hydrogen-bond acceptors (Lipinski definition) is 3. The van der Waals surface area contributed by atoms with Crippen LogP contribution in [-0.4, -0.2) is 42.7 Å². The van der Waals surface area contributed by atoms with Gasteiger partial charge in [0.15, 0.2) is 0 Å². The summed E-state index contributed by atoms with van der Waals surface area (Å²) in [5.74, 6) is 0.149. The average Bonchev–Trinajstić information content (AvgIpc) is 2.37. The maximum Gasteiger partial charge on any atom is 0.238 e. The zero-order valence-electron chi connectivity index (χ0n) is 11.9. The highest BCUT2D eigenvalue weighted by molar-refractivity contribution is 9.10. The second-order valence-corrected chi connectivity index (χ2v) is 7.51. The second kappa shape index (κ2) is 7.31. The lowest BCUT2D eigenvalue weighted by atomic mass is 10.2. The number of nitrogens with zero attached hydrogens (tertiary/aromatic N) is 1. The highest BCUT2D eigenvalue weighted by atomic mass is 79.9. The van der Waals surface area contributed by atoms with E-state index in [2.05, 4.69) is 21.2 Å². The Morgan fingerprint density at radius 3 is 2.47 bits per heavy atom. The van der Waals surface area contributed by atoms with Crippen LogP contribution in [0.4, 0.5) is 0 Å². The molecule has 0 bridgehead atoms. The van der Waals surface area contributed by atoms with Gasteiger partial charge in [0.05, 0.1) is 4.75 Å². The summed E-state index contributed by atoms with van der Waals surface area (Å²) in [6.07, 6.45) is 0. The normalized spacial score (nSPS) is 11.4. The Hall–Kier alpha value is -0.520. The fourth-order valence-corrected chi connectivity index (χ4v) is 3.05. The first-order chi connectivity index (χ1) is 8.86. The zero-order chi connectivity index (χ0) is 14.5. The molecule has 106 valence electrons. The maximum absolute atomic E-state index is 12.4. The predicted octanol–water partition coefficient (Wildman–Crippen LogP) is 3.00. The Morgan fingerprint density at radius 2 is 1.95 bits per heavy atom. The van der Waals surface area contributed by atoms with E-state index in [0.717, 1.165) is 22.5 Å². The van der Waals surface area contributed by atoms with Gasteiger partial charge in [0.1, 0.15) is 0 Å². The lowest BCUT2D eigenvalue weighted by Crippen LogP contribution is -2.43. The number of likely N-dealkylation sites (N-methyl/N-ethyl adjacent to an activating group) is 2. The summed E-state index contributed by atoms with van der Waals surface area (Å²) < 4.78 is 0.586. The Kier molecular flexibility index (Phi) is 6.36. The minimum atomic E-state index is -0.462. The van der Waals surface area contributed by atoms with Crippen LogP contribution >= 0.6 is 27.7 Å². The predicted molar refractivity (Wildman–Crippen MR) is 85.6 cm³/mol. The van der Waals surface area contributed by atoms with Crippen molar-refractivity contribution >= 4 is 33.6 Å². The van der Waals surface area contributed by atoms with Crippen molar-refractivity contribution in [2.45, 2.75) is 23.5 Å². The standard InChI is InChI=1S/C14H21BrN2OS/c1-14(2,13(18)17(4)10-9-16-3)19-12-7-5-11(15)6-8-12/h5-8,16H,9-10H2,1-4H3. The molecule has 0 atom stereocenters. The Morgan fingerprint density at radius 1 is 1.37 bits per heavy atom. The number of carbonyl (C=O) groups is 1. The van der Waals surface area contributed by atoms with Gasteiger partial charge in [-0.25, -0.2) is 0 Å². The molecule has 1 rings (SSSR count). The van der Waals surface area contributed by atoms with Crippen LogP contribution in [0.2, 0.25) is 0 Å². The third-order valence-corrected chi connectivity index (χ3v) is 4.47. The number of nitrogens with one attached hydrogen (secondary N) is 1. The molecule has 0 aliphatic carbocycles. The van der Waals surface area contributed by atoms with Gasteiger partial charge in [-0.1, -0.05) is 15.9 Å². The van der Waals surface area contributed by atoms with Crippen LogP contribution in [0.15, 0.2) is 33.6 Å². The van der Waals surface area contributed by atoms with Crippen LogP contribution in [0.3, 0.4) is 0 Å². The molecule has 0 heterocycles. The summed E-state index contributed by atoms with van der Waals surface area (Å²) in [5, 5.41) is 3.05. The van der Waals surface area contributed by atoms with E-state index in [4.69, 9.17) is 0 Å². The first-order valence-corrected chi connectivity index (χ1v) is 7.82. The van der Waals surface area contributed by atoms with Crippen molar-refractivity contribution in [2.24, 2.45) is 0 Å². The molecule has 0 spiro atoms. The van der Waals surface area contributed by atoms with Gasteiger partial charge in [0.2, 0.25) is 5.91 Å². The molecular formula is C14H21BrN2OS. The van der Waals surface area contributed by atoms with Crippen molar-refractivity contribution in [3.8, 4) is 0 Å². The molecular weight excluding hydrogens is 324 g/mol. The number of halogens is 1. The first-order valence-electron chi connectivity index (χ1n) is 6.21. The molecule has 1 aromatic carbocycles. The van der Waals surface area contributed by atoms with Crippen LogP contribution in [0.1, 0.15) is 13.8 Å². The molecule has 1 amide bonds. The molecule has 0 saturated heterocycles. The van der Waals surface area contributed by atoms with Gasteiger partial charge in [0, 0.05) is 29.5 Å². The number of rotatable bonds is 6. The van der Waals surface area contributed by atoms with Crippen LogP contribution < -0.4 is 5.32 Å². The van der Waals surface area contributed by atoms with Crippen LogP contribution in [0.5, 0.6) is 0 Å². The average molecular weight is 345 g/mol. The summed E-state index contributed by atoms with van der Waals surface area (Å²) in [7, 11) is 3.74. The van der Waals surface area contributed by atoms with Crippen molar-refractivity contribution in [3.05, 3.63) is 28.7 Å². The molecule has 0 aliphatic rings. The minimum Gasteiger partial charge on any atom is -0.343 e. The molecule has 0 fully saturated rings. The molecule has 0 saturated carbocycles. The van der Waals surface area contributed by atoms with Crippen molar-refractivity contribution in [1.82, 2.24) is 10.2 Å². The molecule has 0 unspecified atom stereocenters. The van der Waals surface area contributed by atoms with Gasteiger partial charge >= 0.3 is 0 Å². The summed E-state index contributed by atoms with van der Waals surface area (Å²) in [6, 6.07) is 8.04. The third-order valence-electron chi connectivity index (χ3n) is 2.75. The van der Waals surface area contributed by atoms with Crippen LogP contribution in [0, 0.1) is 0 Å². The van der Waals surface area contributed by atoms with Crippen molar-refractivity contribution in [2.75, 3.05) is 27.2 Å². The zero-order valence-corrected chi connectivity index (χ0v) is 14.3. The topological polar surface area (TPSA) is 32.3 Å². The van der Waals surface area contributed by atoms with E-state index in [-0.39, 0.29) is 5.91 Å². The fourth-order valence-electron chi connectivity index (χ4n) is 1.68. The van der Waals surface area contributed by atoms with Gasteiger partial charge in [0.25, 0.3) is 0 Å². The smallest absolute Gasteiger partial charge is 0.238 e. The first kappa shape index (κ1) is 16.5. The van der Waals surface area contributed by atoms with E-state index < -0.39 is 4.75 Å². The quantitative estimate of drug-likeness (QED) is 0.805. The lowest BCUT2D eigenvalue weighted by molar-refractivity contribution is -0.131. The van der Waals surface area contributed by atoms with E-state index in [9.17, 15) is 4.79 Å². The number of amides is 1. The van der Waals surface area contributed by atoms with Crippen molar-refractivity contribution in [3.63, 3.8) is 0 Å². The number of hydrogen-bond donors (Lipinski definition) is 1. The van der Waals surface area contributed by atoms with Gasteiger partial charge in [-0.3, -0.25) is 4.79 Å². The van der Waals surface area contributed by atoms with E-state index >= 15 is 0 Å². The third kappa shape index (κ3) is 5.16. The molecule has 5 heteroatoms. The van der Waals surface area contributed by atoms with E-state index in [1.807, 2.05) is 52.2 Å². The van der Waals surface area contributed by atoms with Gasteiger partial charge in [-0.05, 0) is 45.2 Å². The Bertz CT molecular complexity index is 420. The lowest BCUT2D eigenvalue weighted by Gasteiger charge is -2.29. The summed E-state index contributed by atoms with van der Waals surface area (Å²) in [6.45, 7) is 5.47. The van der Waals surface area contributed by atoms with Gasteiger partial charge < -0.3 is 10.2 Å². The van der Waals surface area contributed by atoms with Crippen molar-refractivity contribution < 1.29 is 4.79 Å². The SMILES string of the molecule is CNCCN(C)C(=O)C(C)(C)Sc1ccc(Br)cc1. The number of carbonyl (C=O) groups excluding carboxylic acids is 1. The Labute approximate surface area is 128 Å². The highest BCUT2D eigenvalue weighted by Gasteiger charge is 2.31. The maximum atomic E-state index is 12.4. The molecule has 1 aromatic rings. The van der Waals surface area contributed by atoms with Gasteiger partial charge in [-0.2, -0.15) is 0 Å². The molecule has 3 nitrogen and oxygen atoms in total. The molecule has 0 radical (unpaired) electrons. The van der Waals surface area contributed by atoms with Crippen LogP contribution in [-0.2, 0) is 4.79 Å².